The molecule has 6 heteroatoms. The summed E-state index contributed by atoms with van der Waals surface area (Å²) in [5.41, 5.74) is 0.316. The number of aromatic carboxylic acids is 1. The first-order valence-electron chi connectivity index (χ1n) is 6.52. The van der Waals surface area contributed by atoms with Crippen molar-refractivity contribution < 1.29 is 24.5 Å². The third-order valence-electron chi connectivity index (χ3n) is 2.80. The second-order valence-electron chi connectivity index (χ2n) is 4.33. The molecule has 0 atom stereocenters. The summed E-state index contributed by atoms with van der Waals surface area (Å²) in [5, 5.41) is 18.5. The summed E-state index contributed by atoms with van der Waals surface area (Å²) in [6, 6.07) is 11.2. The molecule has 0 spiro atoms. The standard InChI is InChI=1S/C16H14O5S/c1-2-21-16(20)10-3-5-11(6-4-10)22-12-7-8-14(17)13(9-12)15(18)19/h3-9,17H,2H2,1H3,(H,18,19). The van der Waals surface area contributed by atoms with Gasteiger partial charge in [0.15, 0.2) is 0 Å². The highest BCUT2D eigenvalue weighted by atomic mass is 32.2. The van der Waals surface area contributed by atoms with Crippen molar-refractivity contribution in [3.8, 4) is 5.75 Å². The average molecular weight is 318 g/mol. The van der Waals surface area contributed by atoms with Gasteiger partial charge in [0.25, 0.3) is 0 Å². The predicted molar refractivity (Wildman–Crippen MR) is 81.6 cm³/mol. The molecule has 0 fully saturated rings. The topological polar surface area (TPSA) is 83.8 Å². The van der Waals surface area contributed by atoms with Gasteiger partial charge in [-0.25, -0.2) is 9.59 Å². The lowest BCUT2D eigenvalue weighted by Crippen LogP contribution is -2.03. The summed E-state index contributed by atoms with van der Waals surface area (Å²) < 4.78 is 4.90. The fourth-order valence-electron chi connectivity index (χ4n) is 1.76. The van der Waals surface area contributed by atoms with Crippen molar-refractivity contribution >= 4 is 23.7 Å². The zero-order chi connectivity index (χ0) is 16.1. The minimum atomic E-state index is -1.18. The number of carbonyl (C=O) groups is 2. The maximum absolute atomic E-state index is 11.5. The molecule has 0 amide bonds. The highest BCUT2D eigenvalue weighted by molar-refractivity contribution is 7.99. The van der Waals surface area contributed by atoms with E-state index in [0.29, 0.717) is 17.1 Å². The van der Waals surface area contributed by atoms with Gasteiger partial charge in [-0.1, -0.05) is 11.8 Å². The van der Waals surface area contributed by atoms with Crippen LogP contribution in [0.5, 0.6) is 5.75 Å². The first-order chi connectivity index (χ1) is 10.5. The Hall–Kier alpha value is -2.47. The minimum absolute atomic E-state index is 0.145. The molecular formula is C16H14O5S. The van der Waals surface area contributed by atoms with Crippen molar-refractivity contribution in [3.63, 3.8) is 0 Å². The molecule has 114 valence electrons. The van der Waals surface area contributed by atoms with Crippen molar-refractivity contribution in [1.29, 1.82) is 0 Å². The van der Waals surface area contributed by atoms with Crippen molar-refractivity contribution in [2.24, 2.45) is 0 Å². The van der Waals surface area contributed by atoms with Gasteiger partial charge in [0.05, 0.1) is 12.2 Å². The number of carboxylic acid groups (broad SMARTS) is 1. The fourth-order valence-corrected chi connectivity index (χ4v) is 2.62. The molecular weight excluding hydrogens is 304 g/mol. The Labute approximate surface area is 131 Å². The number of ether oxygens (including phenoxy) is 1. The molecule has 2 aromatic rings. The summed E-state index contributed by atoms with van der Waals surface area (Å²) >= 11 is 1.34. The molecule has 2 rings (SSSR count). The molecule has 5 nitrogen and oxygen atoms in total. The van der Waals surface area contributed by atoms with Gasteiger partial charge < -0.3 is 14.9 Å². The van der Waals surface area contributed by atoms with Crippen molar-refractivity contribution in [2.45, 2.75) is 16.7 Å². The van der Waals surface area contributed by atoms with E-state index in [0.717, 1.165) is 4.90 Å². The van der Waals surface area contributed by atoms with Crippen LogP contribution in [0.3, 0.4) is 0 Å². The maximum Gasteiger partial charge on any atom is 0.339 e. The summed E-state index contributed by atoms with van der Waals surface area (Å²) in [4.78, 5) is 24.1. The zero-order valence-electron chi connectivity index (χ0n) is 11.8. The van der Waals surface area contributed by atoms with Crippen LogP contribution in [0, 0.1) is 0 Å². The van der Waals surface area contributed by atoms with E-state index in [9.17, 15) is 14.7 Å². The van der Waals surface area contributed by atoms with Gasteiger partial charge in [0.2, 0.25) is 0 Å². The lowest BCUT2D eigenvalue weighted by Gasteiger charge is -2.06. The van der Waals surface area contributed by atoms with Crippen LogP contribution in [0.25, 0.3) is 0 Å². The molecule has 0 heterocycles. The van der Waals surface area contributed by atoms with Crippen LogP contribution in [-0.4, -0.2) is 28.8 Å². The van der Waals surface area contributed by atoms with E-state index in [-0.39, 0.29) is 17.3 Å². The Morgan fingerprint density at radius 3 is 2.32 bits per heavy atom. The van der Waals surface area contributed by atoms with Gasteiger partial charge in [-0.2, -0.15) is 0 Å². The van der Waals surface area contributed by atoms with Crippen LogP contribution in [0.1, 0.15) is 27.6 Å². The number of hydrogen-bond donors (Lipinski definition) is 2. The molecule has 0 radical (unpaired) electrons. The molecule has 0 aliphatic carbocycles. The SMILES string of the molecule is CCOC(=O)c1ccc(Sc2ccc(O)c(C(=O)O)c2)cc1. The minimum Gasteiger partial charge on any atom is -0.507 e. The van der Waals surface area contributed by atoms with E-state index in [1.54, 1.807) is 37.3 Å². The van der Waals surface area contributed by atoms with Crippen LogP contribution in [0.15, 0.2) is 52.3 Å². The zero-order valence-corrected chi connectivity index (χ0v) is 12.6. The van der Waals surface area contributed by atoms with Gasteiger partial charge in [0, 0.05) is 9.79 Å². The van der Waals surface area contributed by atoms with E-state index in [4.69, 9.17) is 9.84 Å². The Morgan fingerprint density at radius 2 is 1.73 bits per heavy atom. The van der Waals surface area contributed by atoms with Crippen LogP contribution in [-0.2, 0) is 4.74 Å². The van der Waals surface area contributed by atoms with Crippen LogP contribution in [0.4, 0.5) is 0 Å². The summed E-state index contributed by atoms with van der Waals surface area (Å²) in [7, 11) is 0. The number of carbonyl (C=O) groups excluding carboxylic acids is 1. The second-order valence-corrected chi connectivity index (χ2v) is 5.48. The predicted octanol–water partition coefficient (Wildman–Crippen LogP) is 3.42. The van der Waals surface area contributed by atoms with Crippen molar-refractivity contribution in [2.75, 3.05) is 6.61 Å². The largest absolute Gasteiger partial charge is 0.507 e. The van der Waals surface area contributed by atoms with Gasteiger partial charge in [-0.3, -0.25) is 0 Å². The van der Waals surface area contributed by atoms with Gasteiger partial charge in [-0.15, -0.1) is 0 Å². The lowest BCUT2D eigenvalue weighted by molar-refractivity contribution is 0.0525. The normalized spacial score (nSPS) is 10.2. The van der Waals surface area contributed by atoms with E-state index in [2.05, 4.69) is 0 Å². The molecule has 0 aromatic heterocycles. The van der Waals surface area contributed by atoms with Crippen molar-refractivity contribution in [3.05, 3.63) is 53.6 Å². The number of hydrogen-bond acceptors (Lipinski definition) is 5. The van der Waals surface area contributed by atoms with Gasteiger partial charge >= 0.3 is 11.9 Å². The van der Waals surface area contributed by atoms with E-state index in [1.807, 2.05) is 0 Å². The number of aromatic hydroxyl groups is 1. The molecule has 0 unspecified atom stereocenters. The first kappa shape index (κ1) is 15.9. The number of esters is 1. The van der Waals surface area contributed by atoms with Crippen molar-refractivity contribution in [1.82, 2.24) is 0 Å². The number of carboxylic acids is 1. The highest BCUT2D eigenvalue weighted by Gasteiger charge is 2.11. The Kier molecular flexibility index (Phi) is 5.06. The van der Waals surface area contributed by atoms with Crippen LogP contribution in [0.2, 0.25) is 0 Å². The molecule has 0 aliphatic rings. The quantitative estimate of drug-likeness (QED) is 0.822. The molecule has 2 N–H and O–H groups in total. The molecule has 0 bridgehead atoms. The molecule has 2 aromatic carbocycles. The Morgan fingerprint density at radius 1 is 1.09 bits per heavy atom. The number of phenols is 1. The number of benzene rings is 2. The maximum atomic E-state index is 11.5. The summed E-state index contributed by atoms with van der Waals surface area (Å²) in [6.07, 6.45) is 0. The first-order valence-corrected chi connectivity index (χ1v) is 7.34. The van der Waals surface area contributed by atoms with Crippen LogP contribution < -0.4 is 0 Å². The van der Waals surface area contributed by atoms with E-state index < -0.39 is 5.97 Å². The van der Waals surface area contributed by atoms with E-state index >= 15 is 0 Å². The summed E-state index contributed by atoms with van der Waals surface area (Å²) in [5.74, 6) is -1.83. The Bertz CT molecular complexity index is 694. The summed E-state index contributed by atoms with van der Waals surface area (Å²) in [6.45, 7) is 2.06. The van der Waals surface area contributed by atoms with Crippen LogP contribution >= 0.6 is 11.8 Å². The fraction of sp³-hybridized carbons (Fsp3) is 0.125. The molecule has 0 saturated heterocycles. The van der Waals surface area contributed by atoms with Gasteiger partial charge in [-0.05, 0) is 49.4 Å². The third kappa shape index (κ3) is 3.79. The van der Waals surface area contributed by atoms with E-state index in [1.165, 1.54) is 23.9 Å². The third-order valence-corrected chi connectivity index (χ3v) is 3.80. The average Bonchev–Trinajstić information content (AvgIpc) is 2.50. The smallest absolute Gasteiger partial charge is 0.339 e. The van der Waals surface area contributed by atoms with Gasteiger partial charge in [0.1, 0.15) is 11.3 Å². The lowest BCUT2D eigenvalue weighted by atomic mass is 10.2. The monoisotopic (exact) mass is 318 g/mol. The highest BCUT2D eigenvalue weighted by Crippen LogP contribution is 2.31. The molecule has 22 heavy (non-hydrogen) atoms. The molecule has 0 aliphatic heterocycles. The Balaban J connectivity index is 2.16. The number of rotatable bonds is 5. The molecule has 0 saturated carbocycles. The second kappa shape index (κ2) is 7.00.